The van der Waals surface area contributed by atoms with Crippen molar-refractivity contribution in [3.05, 3.63) is 41.2 Å². The van der Waals surface area contributed by atoms with Crippen molar-refractivity contribution in [3.8, 4) is 5.69 Å². The zero-order valence-electron chi connectivity index (χ0n) is 12.8. The fourth-order valence-corrected chi connectivity index (χ4v) is 2.32. The molecule has 1 atom stereocenters. The summed E-state index contributed by atoms with van der Waals surface area (Å²) in [4.78, 5) is 0. The number of benzene rings is 1. The van der Waals surface area contributed by atoms with Crippen LogP contribution >= 0.6 is 0 Å². The number of rotatable bonds is 6. The van der Waals surface area contributed by atoms with E-state index in [1.807, 2.05) is 4.68 Å². The average Bonchev–Trinajstić information content (AvgIpc) is 2.86. The van der Waals surface area contributed by atoms with Gasteiger partial charge in [-0.2, -0.15) is 0 Å². The van der Waals surface area contributed by atoms with E-state index < -0.39 is 0 Å². The normalized spacial score (nSPS) is 12.6. The first-order valence-electron chi connectivity index (χ1n) is 7.42. The summed E-state index contributed by atoms with van der Waals surface area (Å²) in [6.45, 7) is 9.54. The van der Waals surface area contributed by atoms with E-state index in [9.17, 15) is 0 Å². The number of nitrogens with one attached hydrogen (secondary N) is 1. The standard InChI is InChI=1S/C16H24N4/c1-5-11-17-12(3)16-13(4)20(19-18-16)15-9-7-14(6-2)8-10-15/h7-10,12,17H,5-6,11H2,1-4H3. The molecule has 1 aromatic heterocycles. The van der Waals surface area contributed by atoms with Gasteiger partial charge in [0.1, 0.15) is 5.69 Å². The van der Waals surface area contributed by atoms with Gasteiger partial charge in [-0.25, -0.2) is 4.68 Å². The quantitative estimate of drug-likeness (QED) is 0.878. The van der Waals surface area contributed by atoms with Gasteiger partial charge in [0.15, 0.2) is 0 Å². The van der Waals surface area contributed by atoms with E-state index in [4.69, 9.17) is 0 Å². The number of hydrogen-bond acceptors (Lipinski definition) is 3. The van der Waals surface area contributed by atoms with Crippen LogP contribution in [0.15, 0.2) is 24.3 Å². The third kappa shape index (κ3) is 3.07. The summed E-state index contributed by atoms with van der Waals surface area (Å²) in [5.41, 5.74) is 4.54. The molecule has 0 aliphatic rings. The molecule has 4 heteroatoms. The van der Waals surface area contributed by atoms with E-state index in [0.29, 0.717) is 0 Å². The van der Waals surface area contributed by atoms with Gasteiger partial charge in [0, 0.05) is 0 Å². The minimum absolute atomic E-state index is 0.235. The van der Waals surface area contributed by atoms with E-state index in [0.717, 1.165) is 36.5 Å². The van der Waals surface area contributed by atoms with E-state index in [1.165, 1.54) is 5.56 Å². The van der Waals surface area contributed by atoms with Crippen molar-refractivity contribution in [2.75, 3.05) is 6.54 Å². The number of aromatic nitrogens is 3. The smallest absolute Gasteiger partial charge is 0.103 e. The van der Waals surface area contributed by atoms with Crippen molar-refractivity contribution in [1.29, 1.82) is 0 Å². The Labute approximate surface area is 121 Å². The Balaban J connectivity index is 2.23. The monoisotopic (exact) mass is 272 g/mol. The highest BCUT2D eigenvalue weighted by Crippen LogP contribution is 2.18. The first-order chi connectivity index (χ1) is 9.67. The van der Waals surface area contributed by atoms with Crippen molar-refractivity contribution in [2.24, 2.45) is 0 Å². The lowest BCUT2D eigenvalue weighted by molar-refractivity contribution is 0.555. The second kappa shape index (κ2) is 6.66. The van der Waals surface area contributed by atoms with E-state index in [2.05, 4.69) is 67.6 Å². The summed E-state index contributed by atoms with van der Waals surface area (Å²) in [5, 5.41) is 12.1. The van der Waals surface area contributed by atoms with Crippen molar-refractivity contribution in [2.45, 2.75) is 46.6 Å². The molecule has 1 unspecified atom stereocenters. The summed E-state index contributed by atoms with van der Waals surface area (Å²) >= 11 is 0. The van der Waals surface area contributed by atoms with Crippen LogP contribution in [0.3, 0.4) is 0 Å². The lowest BCUT2D eigenvalue weighted by Gasteiger charge is -2.11. The van der Waals surface area contributed by atoms with Crippen LogP contribution in [0.5, 0.6) is 0 Å². The highest BCUT2D eigenvalue weighted by Gasteiger charge is 2.15. The fourth-order valence-electron chi connectivity index (χ4n) is 2.32. The average molecular weight is 272 g/mol. The molecule has 20 heavy (non-hydrogen) atoms. The second-order valence-corrected chi connectivity index (χ2v) is 5.17. The molecule has 2 aromatic rings. The lowest BCUT2D eigenvalue weighted by Crippen LogP contribution is -2.20. The van der Waals surface area contributed by atoms with Crippen molar-refractivity contribution in [1.82, 2.24) is 20.3 Å². The van der Waals surface area contributed by atoms with Crippen molar-refractivity contribution in [3.63, 3.8) is 0 Å². The second-order valence-electron chi connectivity index (χ2n) is 5.17. The van der Waals surface area contributed by atoms with Crippen LogP contribution in [0, 0.1) is 6.92 Å². The van der Waals surface area contributed by atoms with Gasteiger partial charge in [0.25, 0.3) is 0 Å². The lowest BCUT2D eigenvalue weighted by atomic mass is 10.1. The van der Waals surface area contributed by atoms with E-state index in [-0.39, 0.29) is 6.04 Å². The molecule has 0 bridgehead atoms. The maximum Gasteiger partial charge on any atom is 0.103 e. The Kier molecular flexibility index (Phi) is 4.90. The van der Waals surface area contributed by atoms with Gasteiger partial charge in [-0.3, -0.25) is 0 Å². The van der Waals surface area contributed by atoms with Crippen LogP contribution in [-0.4, -0.2) is 21.5 Å². The molecule has 0 radical (unpaired) electrons. The molecular weight excluding hydrogens is 248 g/mol. The maximum absolute atomic E-state index is 4.34. The SMILES string of the molecule is CCCNC(C)c1nnn(-c2ccc(CC)cc2)c1C. The molecule has 0 aliphatic carbocycles. The number of hydrogen-bond donors (Lipinski definition) is 1. The van der Waals surface area contributed by atoms with Crippen molar-refractivity contribution >= 4 is 0 Å². The first kappa shape index (κ1) is 14.7. The summed E-state index contributed by atoms with van der Waals surface area (Å²) < 4.78 is 1.92. The Morgan fingerprint density at radius 1 is 1.20 bits per heavy atom. The van der Waals surface area contributed by atoms with Crippen LogP contribution in [0.25, 0.3) is 5.69 Å². The number of nitrogens with zero attached hydrogens (tertiary/aromatic N) is 3. The highest BCUT2D eigenvalue weighted by atomic mass is 15.4. The molecule has 0 fully saturated rings. The zero-order chi connectivity index (χ0) is 14.5. The predicted molar refractivity (Wildman–Crippen MR) is 82.2 cm³/mol. The van der Waals surface area contributed by atoms with Gasteiger partial charge in [0.2, 0.25) is 0 Å². The first-order valence-corrected chi connectivity index (χ1v) is 7.42. The van der Waals surface area contributed by atoms with Gasteiger partial charge >= 0.3 is 0 Å². The largest absolute Gasteiger partial charge is 0.309 e. The molecule has 2 rings (SSSR count). The summed E-state index contributed by atoms with van der Waals surface area (Å²) in [7, 11) is 0. The molecule has 0 aliphatic heterocycles. The summed E-state index contributed by atoms with van der Waals surface area (Å²) in [6.07, 6.45) is 2.18. The zero-order valence-corrected chi connectivity index (χ0v) is 12.8. The minimum Gasteiger partial charge on any atom is -0.309 e. The topological polar surface area (TPSA) is 42.7 Å². The predicted octanol–water partition coefficient (Wildman–Crippen LogP) is 3.20. The molecule has 0 saturated carbocycles. The van der Waals surface area contributed by atoms with Gasteiger partial charge < -0.3 is 5.32 Å². The molecular formula is C16H24N4. The van der Waals surface area contributed by atoms with Crippen molar-refractivity contribution < 1.29 is 0 Å². The van der Waals surface area contributed by atoms with Crippen LogP contribution in [0.2, 0.25) is 0 Å². The summed E-state index contributed by atoms with van der Waals surface area (Å²) in [5.74, 6) is 0. The molecule has 4 nitrogen and oxygen atoms in total. The maximum atomic E-state index is 4.34. The van der Waals surface area contributed by atoms with Crippen LogP contribution in [-0.2, 0) is 6.42 Å². The Morgan fingerprint density at radius 3 is 2.50 bits per heavy atom. The van der Waals surface area contributed by atoms with Crippen LogP contribution in [0.1, 0.15) is 50.2 Å². The van der Waals surface area contributed by atoms with Crippen LogP contribution in [0.4, 0.5) is 0 Å². The molecule has 1 aromatic carbocycles. The Hall–Kier alpha value is -1.68. The minimum atomic E-state index is 0.235. The van der Waals surface area contributed by atoms with E-state index in [1.54, 1.807) is 0 Å². The van der Waals surface area contributed by atoms with Gasteiger partial charge in [-0.1, -0.05) is 31.2 Å². The van der Waals surface area contributed by atoms with E-state index >= 15 is 0 Å². The molecule has 0 amide bonds. The Bertz CT molecular complexity index is 542. The molecule has 0 saturated heterocycles. The van der Waals surface area contributed by atoms with Gasteiger partial charge in [0.05, 0.1) is 17.4 Å². The number of aryl methyl sites for hydroxylation is 1. The summed E-state index contributed by atoms with van der Waals surface area (Å²) in [6, 6.07) is 8.74. The molecule has 1 heterocycles. The third-order valence-corrected chi connectivity index (χ3v) is 3.63. The fraction of sp³-hybridized carbons (Fsp3) is 0.500. The van der Waals surface area contributed by atoms with Crippen LogP contribution < -0.4 is 5.32 Å². The molecule has 108 valence electrons. The Morgan fingerprint density at radius 2 is 1.90 bits per heavy atom. The van der Waals surface area contributed by atoms with Gasteiger partial charge in [-0.05, 0) is 50.9 Å². The molecule has 0 spiro atoms. The molecule has 1 N–H and O–H groups in total. The third-order valence-electron chi connectivity index (χ3n) is 3.63. The van der Waals surface area contributed by atoms with Gasteiger partial charge in [-0.15, -0.1) is 5.10 Å². The highest BCUT2D eigenvalue weighted by molar-refractivity contribution is 5.36.